The van der Waals surface area contributed by atoms with Crippen molar-refractivity contribution in [3.05, 3.63) is 81.9 Å². The van der Waals surface area contributed by atoms with Gasteiger partial charge in [0.2, 0.25) is 5.91 Å². The van der Waals surface area contributed by atoms with Crippen LogP contribution in [-0.4, -0.2) is 49.5 Å². The minimum atomic E-state index is -1.02. The highest BCUT2D eigenvalue weighted by Crippen LogP contribution is 2.56. The summed E-state index contributed by atoms with van der Waals surface area (Å²) >= 11 is 6.62. The van der Waals surface area contributed by atoms with Crippen molar-refractivity contribution in [2.75, 3.05) is 26.9 Å². The molecule has 5 rings (SSSR count). The van der Waals surface area contributed by atoms with Gasteiger partial charge in [-0.15, -0.1) is 0 Å². The third kappa shape index (κ3) is 5.96. The first-order valence-corrected chi connectivity index (χ1v) is 14.8. The Kier molecular flexibility index (Phi) is 9.00. The largest absolute Gasteiger partial charge is 0.488 e. The molecule has 0 radical (unpaired) electrons. The van der Waals surface area contributed by atoms with Gasteiger partial charge in [0.05, 0.1) is 22.8 Å². The molecule has 1 aliphatic carbocycles. The maximum Gasteiger partial charge on any atom is 0.249 e. The quantitative estimate of drug-likeness (QED) is 0.239. The van der Waals surface area contributed by atoms with Gasteiger partial charge in [-0.2, -0.15) is 0 Å². The lowest BCUT2D eigenvalue weighted by atomic mass is 9.77. The van der Waals surface area contributed by atoms with Crippen LogP contribution in [-0.2, 0) is 10.3 Å². The number of nitrogens with two attached hydrogens (primary N) is 1. The fraction of sp³-hybridized carbons (Fsp3) is 0.424. The summed E-state index contributed by atoms with van der Waals surface area (Å²) in [4.78, 5) is 12.6. The van der Waals surface area contributed by atoms with E-state index in [9.17, 15) is 9.90 Å². The number of primary amides is 1. The minimum absolute atomic E-state index is 0.000761. The van der Waals surface area contributed by atoms with Crippen LogP contribution in [0.1, 0.15) is 66.9 Å². The molecular formula is C33H37ClF2N2O5. The summed E-state index contributed by atoms with van der Waals surface area (Å²) < 4.78 is 49.0. The van der Waals surface area contributed by atoms with E-state index >= 15 is 8.78 Å². The number of benzene rings is 3. The number of nitrogens with one attached hydrogen (secondary N) is 1. The third-order valence-corrected chi connectivity index (χ3v) is 9.16. The Morgan fingerprint density at radius 2 is 1.84 bits per heavy atom. The number of hydrogen-bond donors (Lipinski definition) is 3. The molecule has 2 atom stereocenters. The Bertz CT molecular complexity index is 1490. The Labute approximate surface area is 255 Å². The van der Waals surface area contributed by atoms with E-state index < -0.39 is 34.7 Å². The van der Waals surface area contributed by atoms with Gasteiger partial charge in [0.15, 0.2) is 17.2 Å². The number of carbonyl (C=O) groups excluding carboxylic acids is 1. The molecule has 1 amide bonds. The molecule has 43 heavy (non-hydrogen) atoms. The fourth-order valence-electron chi connectivity index (χ4n) is 6.31. The highest BCUT2D eigenvalue weighted by atomic mass is 35.5. The fourth-order valence-corrected chi connectivity index (χ4v) is 6.56. The summed E-state index contributed by atoms with van der Waals surface area (Å²) in [5, 5.41) is 13.7. The Balaban J connectivity index is 1.63. The van der Waals surface area contributed by atoms with Crippen LogP contribution in [0.15, 0.2) is 48.5 Å². The zero-order valence-electron chi connectivity index (χ0n) is 24.5. The average Bonchev–Trinajstić information content (AvgIpc) is 3.26. The van der Waals surface area contributed by atoms with Gasteiger partial charge >= 0.3 is 0 Å². The number of carbonyl (C=O) groups is 1. The maximum absolute atomic E-state index is 16.3. The highest BCUT2D eigenvalue weighted by Gasteiger charge is 2.50. The van der Waals surface area contributed by atoms with Gasteiger partial charge in [-0.1, -0.05) is 48.9 Å². The predicted molar refractivity (Wildman–Crippen MR) is 161 cm³/mol. The highest BCUT2D eigenvalue weighted by molar-refractivity contribution is 6.34. The number of ether oxygens (including phenoxy) is 3. The molecule has 2 aliphatic rings. The standard InChI is InChI=1S/C33H37ClF2N2O5/c1-19-26-25(43-33(19,20-7-5-4-6-8-20)18-38-21-11-13-32(2,40)14-12-21)17-23(35)29(34)28(26)27-22(31(37)39)9-10-24(30(27)36)42-16-15-41-3/h4-10,17,19,21,38,40H,11-16,18H2,1-3H3,(H2,37,39)/t19-,21-,32-,33-/m0/s1. The van der Waals surface area contributed by atoms with Crippen molar-refractivity contribution in [2.24, 2.45) is 5.73 Å². The molecule has 1 saturated carbocycles. The molecule has 0 aromatic heterocycles. The van der Waals surface area contributed by atoms with Gasteiger partial charge < -0.3 is 30.4 Å². The Morgan fingerprint density at radius 3 is 2.49 bits per heavy atom. The van der Waals surface area contributed by atoms with E-state index in [1.807, 2.05) is 44.2 Å². The van der Waals surface area contributed by atoms with Gasteiger partial charge in [0, 0.05) is 48.4 Å². The summed E-state index contributed by atoms with van der Waals surface area (Å²) in [5.41, 5.74) is 4.87. The molecule has 230 valence electrons. The molecule has 0 spiro atoms. The molecular weight excluding hydrogens is 578 g/mol. The van der Waals surface area contributed by atoms with Crippen molar-refractivity contribution in [1.29, 1.82) is 0 Å². The molecule has 0 saturated heterocycles. The maximum atomic E-state index is 16.3. The third-order valence-electron chi connectivity index (χ3n) is 8.79. The normalized spacial score (nSPS) is 24.8. The topological polar surface area (TPSA) is 103 Å². The molecule has 10 heteroatoms. The summed E-state index contributed by atoms with van der Waals surface area (Å²) in [6, 6.07) is 13.6. The van der Waals surface area contributed by atoms with Crippen LogP contribution in [0.5, 0.6) is 11.5 Å². The lowest BCUT2D eigenvalue weighted by Crippen LogP contribution is -2.49. The number of amides is 1. The molecule has 0 unspecified atom stereocenters. The van der Waals surface area contributed by atoms with Crippen LogP contribution in [0.3, 0.4) is 0 Å². The van der Waals surface area contributed by atoms with Crippen LogP contribution in [0, 0.1) is 11.6 Å². The average molecular weight is 615 g/mol. The molecule has 3 aromatic carbocycles. The molecule has 4 N–H and O–H groups in total. The first-order chi connectivity index (χ1) is 20.5. The summed E-state index contributed by atoms with van der Waals surface area (Å²) in [6.45, 7) is 4.38. The minimum Gasteiger partial charge on any atom is -0.488 e. The van der Waals surface area contributed by atoms with Gasteiger partial charge in [0.1, 0.15) is 18.2 Å². The molecule has 1 heterocycles. The number of hydrogen-bond acceptors (Lipinski definition) is 6. The number of fused-ring (bicyclic) bond motifs is 1. The predicted octanol–water partition coefficient (Wildman–Crippen LogP) is 6.08. The van der Waals surface area contributed by atoms with Gasteiger partial charge in [0.25, 0.3) is 0 Å². The second-order valence-corrected chi connectivity index (χ2v) is 12.1. The van der Waals surface area contributed by atoms with Crippen molar-refractivity contribution in [3.63, 3.8) is 0 Å². The summed E-state index contributed by atoms with van der Waals surface area (Å²) in [7, 11) is 1.49. The SMILES string of the molecule is COCCOc1ccc(C(N)=O)c(-c2c(Cl)c(F)cc3c2[C@H](C)[C@@](CN[C@H]2CC[C@](C)(O)CC2)(c2ccccc2)O3)c1F. The van der Waals surface area contributed by atoms with E-state index in [4.69, 9.17) is 31.5 Å². The monoisotopic (exact) mass is 614 g/mol. The van der Waals surface area contributed by atoms with Crippen molar-refractivity contribution in [1.82, 2.24) is 5.32 Å². The Morgan fingerprint density at radius 1 is 1.14 bits per heavy atom. The van der Waals surface area contributed by atoms with Crippen molar-refractivity contribution >= 4 is 17.5 Å². The van der Waals surface area contributed by atoms with Crippen LogP contribution < -0.4 is 20.5 Å². The lowest BCUT2D eigenvalue weighted by molar-refractivity contribution is 0.00890. The molecule has 3 aromatic rings. The summed E-state index contributed by atoms with van der Waals surface area (Å²) in [5.74, 6) is -3.05. The second kappa shape index (κ2) is 12.4. The second-order valence-electron chi connectivity index (χ2n) is 11.7. The number of methoxy groups -OCH3 is 1. The molecule has 0 bridgehead atoms. The van der Waals surface area contributed by atoms with E-state index in [1.165, 1.54) is 25.3 Å². The zero-order valence-corrected chi connectivity index (χ0v) is 25.3. The Hall–Kier alpha value is -3.24. The van der Waals surface area contributed by atoms with E-state index in [0.717, 1.165) is 18.4 Å². The molecule has 1 aliphatic heterocycles. The zero-order chi connectivity index (χ0) is 30.9. The van der Waals surface area contributed by atoms with E-state index in [-0.39, 0.29) is 52.5 Å². The molecule has 1 fully saturated rings. The van der Waals surface area contributed by atoms with E-state index in [2.05, 4.69) is 5.32 Å². The van der Waals surface area contributed by atoms with Crippen molar-refractivity contribution in [2.45, 2.75) is 62.7 Å². The molecule has 7 nitrogen and oxygen atoms in total. The van der Waals surface area contributed by atoms with Crippen LogP contribution in [0.4, 0.5) is 8.78 Å². The number of rotatable bonds is 10. The lowest BCUT2D eigenvalue weighted by Gasteiger charge is -2.38. The van der Waals surface area contributed by atoms with Gasteiger partial charge in [-0.05, 0) is 50.3 Å². The van der Waals surface area contributed by atoms with Crippen LogP contribution in [0.25, 0.3) is 11.1 Å². The van der Waals surface area contributed by atoms with Crippen LogP contribution in [0.2, 0.25) is 5.02 Å². The van der Waals surface area contributed by atoms with Gasteiger partial charge in [-0.25, -0.2) is 8.78 Å². The van der Waals surface area contributed by atoms with Gasteiger partial charge in [-0.3, -0.25) is 4.79 Å². The first kappa shape index (κ1) is 31.2. The van der Waals surface area contributed by atoms with Crippen LogP contribution >= 0.6 is 11.6 Å². The van der Waals surface area contributed by atoms with E-state index in [1.54, 1.807) is 0 Å². The van der Waals surface area contributed by atoms with Crippen molar-refractivity contribution < 1.29 is 32.9 Å². The summed E-state index contributed by atoms with van der Waals surface area (Å²) in [6.07, 6.45) is 2.91. The van der Waals surface area contributed by atoms with E-state index in [0.29, 0.717) is 24.9 Å². The smallest absolute Gasteiger partial charge is 0.249 e. The number of halogens is 3. The number of aliphatic hydroxyl groups is 1. The first-order valence-electron chi connectivity index (χ1n) is 14.5. The van der Waals surface area contributed by atoms with Crippen molar-refractivity contribution in [3.8, 4) is 22.6 Å².